The molecule has 152 valence electrons. The number of halogens is 1. The molecule has 1 N–H and O–H groups in total. The lowest BCUT2D eigenvalue weighted by Crippen LogP contribution is -2.31. The van der Waals surface area contributed by atoms with Gasteiger partial charge in [-0.1, -0.05) is 41.4 Å². The van der Waals surface area contributed by atoms with Crippen LogP contribution in [0.4, 0.5) is 0 Å². The van der Waals surface area contributed by atoms with Gasteiger partial charge in [0.05, 0.1) is 11.6 Å². The third-order valence-electron chi connectivity index (χ3n) is 5.54. The minimum atomic E-state index is -0.0718. The third kappa shape index (κ3) is 3.58. The maximum Gasteiger partial charge on any atom is 0.262 e. The lowest BCUT2D eigenvalue weighted by atomic mass is 10.0. The summed E-state index contributed by atoms with van der Waals surface area (Å²) in [6.45, 7) is 3.36. The van der Waals surface area contributed by atoms with Gasteiger partial charge in [0.15, 0.2) is 0 Å². The van der Waals surface area contributed by atoms with Crippen LogP contribution in [-0.2, 0) is 4.74 Å². The minimum absolute atomic E-state index is 0.0718. The Morgan fingerprint density at radius 3 is 2.83 bits per heavy atom. The molecule has 6 heteroatoms. The van der Waals surface area contributed by atoms with E-state index in [4.69, 9.17) is 16.3 Å². The van der Waals surface area contributed by atoms with Crippen LogP contribution in [0.5, 0.6) is 0 Å². The van der Waals surface area contributed by atoms with Crippen molar-refractivity contribution in [2.24, 2.45) is 0 Å². The maximum atomic E-state index is 13.2. The monoisotopic (exact) mass is 436 g/mol. The summed E-state index contributed by atoms with van der Waals surface area (Å²) in [7, 11) is 0. The third-order valence-corrected chi connectivity index (χ3v) is 7.01. The fraction of sp³-hybridized carbons (Fsp3) is 0.250. The number of thiophene rings is 1. The Labute approximate surface area is 183 Å². The maximum absolute atomic E-state index is 13.2. The first kappa shape index (κ1) is 19.5. The van der Waals surface area contributed by atoms with Crippen LogP contribution in [0.25, 0.3) is 32.1 Å². The average molecular weight is 437 g/mol. The zero-order valence-corrected chi connectivity index (χ0v) is 18.1. The number of hydrogen-bond acceptors (Lipinski definition) is 4. The average Bonchev–Trinajstić information content (AvgIpc) is 3.40. The Hall–Kier alpha value is -2.47. The SMILES string of the molecule is Cc1ccc(-c2c(C(=O)NC[C@@H]3CCCO3)sc3c2cnc2ccc(Cl)cc23)cc1. The van der Waals surface area contributed by atoms with Crippen molar-refractivity contribution in [1.29, 1.82) is 0 Å². The molecule has 1 amide bonds. The highest BCUT2D eigenvalue weighted by molar-refractivity contribution is 7.22. The zero-order chi connectivity index (χ0) is 20.7. The van der Waals surface area contributed by atoms with Crippen LogP contribution in [0.2, 0.25) is 5.02 Å². The molecule has 1 saturated heterocycles. The molecule has 2 aromatic heterocycles. The van der Waals surface area contributed by atoms with Gasteiger partial charge in [0.2, 0.25) is 0 Å². The van der Waals surface area contributed by atoms with E-state index in [-0.39, 0.29) is 12.0 Å². The standard InChI is InChI=1S/C24H21ClN2O2S/c1-14-4-6-15(7-5-14)21-19-13-26-20-9-8-16(25)11-18(20)22(19)30-23(21)24(28)27-12-17-3-2-10-29-17/h4-9,11,13,17H,2-3,10,12H2,1H3,(H,27,28)/t17-/m0/s1. The summed E-state index contributed by atoms with van der Waals surface area (Å²) in [6.07, 6.45) is 4.02. The lowest BCUT2D eigenvalue weighted by molar-refractivity contribution is 0.0861. The molecule has 0 spiro atoms. The summed E-state index contributed by atoms with van der Waals surface area (Å²) in [5.74, 6) is -0.0718. The van der Waals surface area contributed by atoms with Crippen molar-refractivity contribution in [2.75, 3.05) is 13.2 Å². The summed E-state index contributed by atoms with van der Waals surface area (Å²) >= 11 is 7.77. The Bertz CT molecular complexity index is 1240. The molecular weight excluding hydrogens is 416 g/mol. The van der Waals surface area contributed by atoms with E-state index >= 15 is 0 Å². The van der Waals surface area contributed by atoms with Crippen LogP contribution in [0.3, 0.4) is 0 Å². The highest BCUT2D eigenvalue weighted by Crippen LogP contribution is 2.42. The lowest BCUT2D eigenvalue weighted by Gasteiger charge is -2.11. The second kappa shape index (κ2) is 7.99. The number of aromatic nitrogens is 1. The molecule has 1 fully saturated rings. The number of rotatable bonds is 4. The van der Waals surface area contributed by atoms with Gasteiger partial charge < -0.3 is 10.1 Å². The van der Waals surface area contributed by atoms with Crippen molar-refractivity contribution in [2.45, 2.75) is 25.9 Å². The van der Waals surface area contributed by atoms with Crippen LogP contribution in [-0.4, -0.2) is 30.1 Å². The zero-order valence-electron chi connectivity index (χ0n) is 16.6. The number of carbonyl (C=O) groups excluding carboxylic acids is 1. The molecule has 30 heavy (non-hydrogen) atoms. The van der Waals surface area contributed by atoms with Gasteiger partial charge in [-0.05, 0) is 43.5 Å². The number of fused-ring (bicyclic) bond motifs is 3. The van der Waals surface area contributed by atoms with Crippen molar-refractivity contribution < 1.29 is 9.53 Å². The normalized spacial score (nSPS) is 16.4. The fourth-order valence-corrected chi connectivity index (χ4v) is 5.37. The Morgan fingerprint density at radius 1 is 1.23 bits per heavy atom. The second-order valence-electron chi connectivity index (χ2n) is 7.68. The first-order chi connectivity index (χ1) is 14.6. The highest BCUT2D eigenvalue weighted by atomic mass is 35.5. The molecule has 4 nitrogen and oxygen atoms in total. The van der Waals surface area contributed by atoms with E-state index in [1.54, 1.807) is 0 Å². The van der Waals surface area contributed by atoms with Gasteiger partial charge in [-0.3, -0.25) is 9.78 Å². The topological polar surface area (TPSA) is 51.2 Å². The molecule has 0 unspecified atom stereocenters. The van der Waals surface area contributed by atoms with Gasteiger partial charge >= 0.3 is 0 Å². The van der Waals surface area contributed by atoms with Crippen molar-refractivity contribution >= 4 is 49.8 Å². The quantitative estimate of drug-likeness (QED) is 0.427. The molecule has 3 heterocycles. The highest BCUT2D eigenvalue weighted by Gasteiger charge is 2.23. The van der Waals surface area contributed by atoms with E-state index in [0.717, 1.165) is 51.6 Å². The van der Waals surface area contributed by atoms with Crippen molar-refractivity contribution in [3.05, 3.63) is 64.1 Å². The van der Waals surface area contributed by atoms with Crippen LogP contribution >= 0.6 is 22.9 Å². The van der Waals surface area contributed by atoms with Gasteiger partial charge in [-0.25, -0.2) is 0 Å². The van der Waals surface area contributed by atoms with Gasteiger partial charge in [0, 0.05) is 45.4 Å². The number of ether oxygens (including phenoxy) is 1. The summed E-state index contributed by atoms with van der Waals surface area (Å²) in [5, 5.41) is 5.68. The summed E-state index contributed by atoms with van der Waals surface area (Å²) < 4.78 is 6.69. The van der Waals surface area contributed by atoms with Crippen LogP contribution in [0.15, 0.2) is 48.7 Å². The number of nitrogens with zero attached hydrogens (tertiary/aromatic N) is 1. The summed E-state index contributed by atoms with van der Waals surface area (Å²) in [4.78, 5) is 18.6. The number of nitrogens with one attached hydrogen (secondary N) is 1. The number of pyridine rings is 1. The van der Waals surface area contributed by atoms with E-state index in [1.807, 2.05) is 24.4 Å². The van der Waals surface area contributed by atoms with Crippen molar-refractivity contribution in [3.63, 3.8) is 0 Å². The molecule has 5 rings (SSSR count). The first-order valence-electron chi connectivity index (χ1n) is 10.1. The molecule has 0 bridgehead atoms. The van der Waals surface area contributed by atoms with Crippen LogP contribution < -0.4 is 5.32 Å². The molecule has 1 aliphatic rings. The van der Waals surface area contributed by atoms with E-state index in [9.17, 15) is 4.79 Å². The molecule has 0 saturated carbocycles. The van der Waals surface area contributed by atoms with E-state index in [2.05, 4.69) is 41.5 Å². The van der Waals surface area contributed by atoms with Gasteiger partial charge in [-0.15, -0.1) is 11.3 Å². The van der Waals surface area contributed by atoms with E-state index < -0.39 is 0 Å². The molecule has 0 radical (unpaired) electrons. The Morgan fingerprint density at radius 2 is 2.07 bits per heavy atom. The Balaban J connectivity index is 1.65. The molecule has 1 atom stereocenters. The largest absolute Gasteiger partial charge is 0.376 e. The summed E-state index contributed by atoms with van der Waals surface area (Å²) in [6, 6.07) is 13.9. The van der Waals surface area contributed by atoms with Crippen molar-refractivity contribution in [3.8, 4) is 11.1 Å². The predicted molar refractivity (Wildman–Crippen MR) is 124 cm³/mol. The predicted octanol–water partition coefficient (Wildman–Crippen LogP) is 5.99. The molecule has 4 aromatic rings. The second-order valence-corrected chi connectivity index (χ2v) is 9.14. The molecule has 2 aromatic carbocycles. The smallest absolute Gasteiger partial charge is 0.262 e. The van der Waals surface area contributed by atoms with Gasteiger partial charge in [0.1, 0.15) is 4.88 Å². The molecule has 0 aliphatic carbocycles. The number of carbonyl (C=O) groups is 1. The van der Waals surface area contributed by atoms with E-state index in [0.29, 0.717) is 16.4 Å². The van der Waals surface area contributed by atoms with Crippen LogP contribution in [0, 0.1) is 6.92 Å². The van der Waals surface area contributed by atoms with Crippen LogP contribution in [0.1, 0.15) is 28.1 Å². The van der Waals surface area contributed by atoms with Gasteiger partial charge in [-0.2, -0.15) is 0 Å². The minimum Gasteiger partial charge on any atom is -0.376 e. The molecule has 1 aliphatic heterocycles. The number of amides is 1. The first-order valence-corrected chi connectivity index (χ1v) is 11.3. The van der Waals surface area contributed by atoms with E-state index in [1.165, 1.54) is 16.9 Å². The number of benzene rings is 2. The number of hydrogen-bond donors (Lipinski definition) is 1. The Kier molecular flexibility index (Phi) is 5.19. The number of aryl methyl sites for hydroxylation is 1. The molecular formula is C24H21ClN2O2S. The van der Waals surface area contributed by atoms with Crippen molar-refractivity contribution in [1.82, 2.24) is 10.3 Å². The van der Waals surface area contributed by atoms with Gasteiger partial charge in [0.25, 0.3) is 5.91 Å². The fourth-order valence-electron chi connectivity index (χ4n) is 3.96. The summed E-state index contributed by atoms with van der Waals surface area (Å²) in [5.41, 5.74) is 3.99.